The quantitative estimate of drug-likeness (QED) is 0.782. The van der Waals surface area contributed by atoms with E-state index in [4.69, 9.17) is 23.2 Å². The topological polar surface area (TPSA) is 20.3 Å². The van der Waals surface area contributed by atoms with E-state index in [-0.39, 0.29) is 11.9 Å². The van der Waals surface area contributed by atoms with Crippen molar-refractivity contribution in [1.29, 1.82) is 0 Å². The standard InChI is InChI=1S/C11H13Cl2NO/c1-7(2)14(3)11(15)9-6-8(12)4-5-10(9)13/h4-7H,1-3H3. The molecule has 0 atom stereocenters. The number of amides is 1. The highest BCUT2D eigenvalue weighted by Gasteiger charge is 2.17. The third-order valence-electron chi connectivity index (χ3n) is 2.25. The van der Waals surface area contributed by atoms with Crippen LogP contribution in [0.2, 0.25) is 10.0 Å². The summed E-state index contributed by atoms with van der Waals surface area (Å²) in [5.74, 6) is -0.113. The smallest absolute Gasteiger partial charge is 0.255 e. The molecule has 4 heteroatoms. The van der Waals surface area contributed by atoms with Gasteiger partial charge in [-0.1, -0.05) is 23.2 Å². The van der Waals surface area contributed by atoms with Crippen molar-refractivity contribution in [3.05, 3.63) is 33.8 Å². The number of benzene rings is 1. The molecule has 0 radical (unpaired) electrons. The third-order valence-corrected chi connectivity index (χ3v) is 2.82. The maximum absolute atomic E-state index is 11.9. The minimum atomic E-state index is -0.113. The summed E-state index contributed by atoms with van der Waals surface area (Å²) in [6, 6.07) is 5.01. The first kappa shape index (κ1) is 12.3. The second-order valence-corrected chi connectivity index (χ2v) is 4.48. The van der Waals surface area contributed by atoms with Crippen molar-refractivity contribution >= 4 is 29.1 Å². The van der Waals surface area contributed by atoms with Gasteiger partial charge in [0.05, 0.1) is 10.6 Å². The lowest BCUT2D eigenvalue weighted by Gasteiger charge is -2.22. The molecule has 1 rings (SSSR count). The van der Waals surface area contributed by atoms with Crippen molar-refractivity contribution in [1.82, 2.24) is 4.90 Å². The van der Waals surface area contributed by atoms with Crippen LogP contribution in [0.5, 0.6) is 0 Å². The lowest BCUT2D eigenvalue weighted by molar-refractivity contribution is 0.0755. The van der Waals surface area contributed by atoms with Gasteiger partial charge in [-0.25, -0.2) is 0 Å². The van der Waals surface area contributed by atoms with Crippen LogP contribution >= 0.6 is 23.2 Å². The summed E-state index contributed by atoms with van der Waals surface area (Å²) in [7, 11) is 1.74. The van der Waals surface area contributed by atoms with E-state index < -0.39 is 0 Å². The highest BCUT2D eigenvalue weighted by atomic mass is 35.5. The summed E-state index contributed by atoms with van der Waals surface area (Å²) >= 11 is 11.7. The average molecular weight is 246 g/mol. The summed E-state index contributed by atoms with van der Waals surface area (Å²) in [5.41, 5.74) is 0.445. The minimum absolute atomic E-state index is 0.113. The second kappa shape index (κ2) is 4.86. The summed E-state index contributed by atoms with van der Waals surface area (Å²) < 4.78 is 0. The van der Waals surface area contributed by atoms with Gasteiger partial charge in [0, 0.05) is 18.1 Å². The van der Waals surface area contributed by atoms with Crippen molar-refractivity contribution in [2.75, 3.05) is 7.05 Å². The number of hydrogen-bond acceptors (Lipinski definition) is 1. The van der Waals surface area contributed by atoms with E-state index in [9.17, 15) is 4.79 Å². The summed E-state index contributed by atoms with van der Waals surface area (Å²) in [5, 5.41) is 0.941. The zero-order chi connectivity index (χ0) is 11.6. The van der Waals surface area contributed by atoms with Crippen molar-refractivity contribution in [2.24, 2.45) is 0 Å². The Hall–Kier alpha value is -0.730. The highest BCUT2D eigenvalue weighted by Crippen LogP contribution is 2.22. The Morgan fingerprint density at radius 1 is 1.33 bits per heavy atom. The van der Waals surface area contributed by atoms with Gasteiger partial charge in [0.1, 0.15) is 0 Å². The average Bonchev–Trinajstić information content (AvgIpc) is 2.19. The Bertz CT molecular complexity index is 377. The molecular weight excluding hydrogens is 233 g/mol. The maximum atomic E-state index is 11.9. The van der Waals surface area contributed by atoms with Gasteiger partial charge in [-0.05, 0) is 32.0 Å². The molecule has 0 spiro atoms. The van der Waals surface area contributed by atoms with E-state index in [0.717, 1.165) is 0 Å². The fourth-order valence-corrected chi connectivity index (χ4v) is 1.46. The zero-order valence-electron chi connectivity index (χ0n) is 8.92. The highest BCUT2D eigenvalue weighted by molar-refractivity contribution is 6.35. The first-order valence-corrected chi connectivity index (χ1v) is 5.41. The van der Waals surface area contributed by atoms with Gasteiger partial charge in [0.15, 0.2) is 0 Å². The van der Waals surface area contributed by atoms with Gasteiger partial charge in [-0.2, -0.15) is 0 Å². The maximum Gasteiger partial charge on any atom is 0.255 e. The number of carbonyl (C=O) groups is 1. The number of carbonyl (C=O) groups excluding carboxylic acids is 1. The number of halogens is 2. The lowest BCUT2D eigenvalue weighted by Crippen LogP contribution is -2.33. The van der Waals surface area contributed by atoms with Gasteiger partial charge in [-0.3, -0.25) is 4.79 Å². The van der Waals surface area contributed by atoms with E-state index in [1.807, 2.05) is 13.8 Å². The molecular formula is C11H13Cl2NO. The fraction of sp³-hybridized carbons (Fsp3) is 0.364. The van der Waals surface area contributed by atoms with E-state index in [1.165, 1.54) is 0 Å². The van der Waals surface area contributed by atoms with E-state index in [2.05, 4.69) is 0 Å². The predicted octanol–water partition coefficient (Wildman–Crippen LogP) is 3.47. The second-order valence-electron chi connectivity index (χ2n) is 3.63. The lowest BCUT2D eigenvalue weighted by atomic mass is 10.2. The molecule has 2 nitrogen and oxygen atoms in total. The molecule has 0 aliphatic carbocycles. The Morgan fingerprint density at radius 3 is 2.47 bits per heavy atom. The SMILES string of the molecule is CC(C)N(C)C(=O)c1cc(Cl)ccc1Cl. The van der Waals surface area contributed by atoms with Crippen molar-refractivity contribution in [3.63, 3.8) is 0 Å². The summed E-state index contributed by atoms with van der Waals surface area (Å²) in [6.07, 6.45) is 0. The van der Waals surface area contributed by atoms with E-state index in [1.54, 1.807) is 30.1 Å². The zero-order valence-corrected chi connectivity index (χ0v) is 10.4. The number of hydrogen-bond donors (Lipinski definition) is 0. The van der Waals surface area contributed by atoms with Crippen LogP contribution < -0.4 is 0 Å². The molecule has 1 aromatic carbocycles. The molecule has 0 aliphatic heterocycles. The molecule has 0 fully saturated rings. The minimum Gasteiger partial charge on any atom is -0.339 e. The molecule has 0 unspecified atom stereocenters. The van der Waals surface area contributed by atoms with Gasteiger partial charge in [0.2, 0.25) is 0 Å². The first-order valence-electron chi connectivity index (χ1n) is 4.65. The van der Waals surface area contributed by atoms with Crippen LogP contribution in [0, 0.1) is 0 Å². The van der Waals surface area contributed by atoms with Crippen LogP contribution in [0.1, 0.15) is 24.2 Å². The largest absolute Gasteiger partial charge is 0.339 e. The van der Waals surface area contributed by atoms with Crippen LogP contribution in [-0.2, 0) is 0 Å². The molecule has 0 heterocycles. The molecule has 15 heavy (non-hydrogen) atoms. The molecule has 1 aromatic rings. The molecule has 0 aromatic heterocycles. The number of nitrogens with zero attached hydrogens (tertiary/aromatic N) is 1. The van der Waals surface area contributed by atoms with Crippen molar-refractivity contribution < 1.29 is 4.79 Å². The van der Waals surface area contributed by atoms with Crippen LogP contribution in [0.25, 0.3) is 0 Å². The van der Waals surface area contributed by atoms with Crippen molar-refractivity contribution in [3.8, 4) is 0 Å². The molecule has 0 N–H and O–H groups in total. The molecule has 82 valence electrons. The summed E-state index contributed by atoms with van der Waals surface area (Å²) in [6.45, 7) is 3.88. The molecule has 0 bridgehead atoms. The first-order chi connectivity index (χ1) is 6.93. The monoisotopic (exact) mass is 245 g/mol. The molecule has 0 saturated carbocycles. The van der Waals surface area contributed by atoms with Crippen LogP contribution in [0.3, 0.4) is 0 Å². The fourth-order valence-electron chi connectivity index (χ4n) is 1.09. The number of rotatable bonds is 2. The Morgan fingerprint density at radius 2 is 1.93 bits per heavy atom. The summed E-state index contributed by atoms with van der Waals surface area (Å²) in [4.78, 5) is 13.6. The van der Waals surface area contributed by atoms with Gasteiger partial charge >= 0.3 is 0 Å². The van der Waals surface area contributed by atoms with Crippen LogP contribution in [0.4, 0.5) is 0 Å². The Kier molecular flexibility index (Phi) is 4.00. The van der Waals surface area contributed by atoms with Crippen LogP contribution in [0.15, 0.2) is 18.2 Å². The van der Waals surface area contributed by atoms with E-state index >= 15 is 0 Å². The van der Waals surface area contributed by atoms with Gasteiger partial charge in [0.25, 0.3) is 5.91 Å². The van der Waals surface area contributed by atoms with E-state index in [0.29, 0.717) is 15.6 Å². The molecule has 0 aliphatic rings. The Balaban J connectivity index is 3.05. The Labute approximate surface area is 99.8 Å². The van der Waals surface area contributed by atoms with Crippen molar-refractivity contribution in [2.45, 2.75) is 19.9 Å². The van der Waals surface area contributed by atoms with Gasteiger partial charge in [-0.15, -0.1) is 0 Å². The molecule has 0 saturated heterocycles. The third kappa shape index (κ3) is 2.86. The molecule has 1 amide bonds. The van der Waals surface area contributed by atoms with Crippen LogP contribution in [-0.4, -0.2) is 23.9 Å². The van der Waals surface area contributed by atoms with Gasteiger partial charge < -0.3 is 4.90 Å². The normalized spacial score (nSPS) is 10.5. The predicted molar refractivity (Wildman–Crippen MR) is 63.7 cm³/mol.